The lowest BCUT2D eigenvalue weighted by Gasteiger charge is -2.16. The Kier molecular flexibility index (Phi) is 4.11. The van der Waals surface area contributed by atoms with Crippen molar-refractivity contribution in [1.29, 1.82) is 0 Å². The summed E-state index contributed by atoms with van der Waals surface area (Å²) >= 11 is 0. The van der Waals surface area contributed by atoms with Gasteiger partial charge < -0.3 is 5.32 Å². The number of nitrogens with one attached hydrogen (secondary N) is 2. The largest absolute Gasteiger partial charge is 0.348 e. The Labute approximate surface area is 114 Å². The first-order valence-electron chi connectivity index (χ1n) is 5.40. The van der Waals surface area contributed by atoms with Crippen molar-refractivity contribution in [2.75, 3.05) is 17.3 Å². The van der Waals surface area contributed by atoms with Crippen LogP contribution in [-0.4, -0.2) is 48.6 Å². The predicted octanol–water partition coefficient (Wildman–Crippen LogP) is 0.0502. The third kappa shape index (κ3) is 3.50. The highest BCUT2D eigenvalue weighted by molar-refractivity contribution is 5.37. The Morgan fingerprint density at radius 1 is 1.24 bits per heavy atom. The summed E-state index contributed by atoms with van der Waals surface area (Å²) in [5, 5.41) is 5.72. The maximum atomic E-state index is 12.8. The third-order valence-electron chi connectivity index (χ3n) is 2.18. The minimum Gasteiger partial charge on any atom is -0.348 e. The van der Waals surface area contributed by atoms with E-state index in [1.165, 1.54) is 12.7 Å². The lowest BCUT2D eigenvalue weighted by Crippen LogP contribution is -2.35. The predicted molar refractivity (Wildman–Crippen MR) is 62.0 cm³/mol. The van der Waals surface area contributed by atoms with Gasteiger partial charge in [-0.1, -0.05) is 0 Å². The number of nitrogens with zero attached hydrogens (tertiary/aromatic N) is 6. The van der Waals surface area contributed by atoms with E-state index in [9.17, 15) is 17.6 Å². The topological polar surface area (TPSA) is 119 Å². The zero-order valence-electron chi connectivity index (χ0n) is 10.2. The van der Waals surface area contributed by atoms with Crippen LogP contribution in [0.25, 0.3) is 5.95 Å². The third-order valence-corrected chi connectivity index (χ3v) is 2.18. The van der Waals surface area contributed by atoms with Crippen molar-refractivity contribution in [2.24, 2.45) is 5.84 Å². The second kappa shape index (κ2) is 5.82. The van der Waals surface area contributed by atoms with Crippen molar-refractivity contribution in [3.05, 3.63) is 12.7 Å². The number of nitrogen functional groups attached to an aromatic ring is 1. The van der Waals surface area contributed by atoms with Crippen LogP contribution in [0.15, 0.2) is 12.7 Å². The van der Waals surface area contributed by atoms with Gasteiger partial charge in [0.15, 0.2) is 0 Å². The fraction of sp³-hybridized carbons (Fsp3) is 0.375. The molecule has 0 saturated heterocycles. The molecule has 2 aromatic rings. The molecule has 2 heterocycles. The smallest absolute Gasteiger partial charge is 0.324 e. The van der Waals surface area contributed by atoms with E-state index in [2.05, 4.69) is 30.5 Å². The molecule has 0 aliphatic carbocycles. The summed E-state index contributed by atoms with van der Waals surface area (Å²) in [6.07, 6.45) is -1.38. The van der Waals surface area contributed by atoms with Gasteiger partial charge in [0.25, 0.3) is 5.95 Å². The first kappa shape index (κ1) is 14.8. The van der Waals surface area contributed by atoms with Gasteiger partial charge in [0.05, 0.1) is 6.54 Å². The first-order valence-corrected chi connectivity index (χ1v) is 5.40. The minimum atomic E-state index is -4.23. The average Bonchev–Trinajstić information content (AvgIpc) is 2.99. The average molecular weight is 307 g/mol. The molecule has 9 nitrogen and oxygen atoms in total. The molecule has 0 saturated carbocycles. The fourth-order valence-corrected chi connectivity index (χ4v) is 1.20. The van der Waals surface area contributed by atoms with Crippen molar-refractivity contribution in [3.63, 3.8) is 0 Å². The van der Waals surface area contributed by atoms with Gasteiger partial charge >= 0.3 is 12.3 Å². The highest BCUT2D eigenvalue weighted by atomic mass is 19.3. The van der Waals surface area contributed by atoms with Crippen molar-refractivity contribution in [1.82, 2.24) is 29.7 Å². The Bertz CT molecular complexity index is 587. The molecule has 0 amide bonds. The second-order valence-corrected chi connectivity index (χ2v) is 3.68. The molecule has 0 aromatic carbocycles. The summed E-state index contributed by atoms with van der Waals surface area (Å²) in [5.74, 6) is 0.277. The van der Waals surface area contributed by atoms with Crippen LogP contribution in [0.5, 0.6) is 0 Å². The molecule has 0 spiro atoms. The summed E-state index contributed by atoms with van der Waals surface area (Å²) in [4.78, 5) is 14.8. The number of nitrogens with two attached hydrogens (primary N) is 1. The molecule has 13 heteroatoms. The molecule has 0 bridgehead atoms. The van der Waals surface area contributed by atoms with E-state index in [4.69, 9.17) is 5.84 Å². The van der Waals surface area contributed by atoms with Crippen LogP contribution in [0, 0.1) is 0 Å². The lowest BCUT2D eigenvalue weighted by atomic mass is 10.3. The van der Waals surface area contributed by atoms with Crippen molar-refractivity contribution in [2.45, 2.75) is 12.3 Å². The van der Waals surface area contributed by atoms with Crippen LogP contribution in [0.4, 0.5) is 29.5 Å². The van der Waals surface area contributed by atoms with Crippen LogP contribution >= 0.6 is 0 Å². The number of hydrogen-bond acceptors (Lipinski definition) is 8. The van der Waals surface area contributed by atoms with E-state index >= 15 is 0 Å². The zero-order chi connectivity index (χ0) is 15.5. The van der Waals surface area contributed by atoms with Crippen LogP contribution in [0.2, 0.25) is 0 Å². The highest BCUT2D eigenvalue weighted by Crippen LogP contribution is 2.22. The number of anilines is 2. The summed E-state index contributed by atoms with van der Waals surface area (Å²) < 4.78 is 50.9. The van der Waals surface area contributed by atoms with Crippen molar-refractivity contribution < 1.29 is 17.6 Å². The van der Waals surface area contributed by atoms with Crippen LogP contribution in [0.3, 0.4) is 0 Å². The van der Waals surface area contributed by atoms with Gasteiger partial charge in [0.2, 0.25) is 11.9 Å². The summed E-state index contributed by atoms with van der Waals surface area (Å²) in [6.45, 7) is -1.35. The SMILES string of the molecule is NNc1nc(NCC(F)(F)C(F)F)nc(-n2cncn2)n1. The Hall–Kier alpha value is -2.57. The van der Waals surface area contributed by atoms with Gasteiger partial charge in [-0.15, -0.1) is 0 Å². The van der Waals surface area contributed by atoms with E-state index in [0.717, 1.165) is 4.68 Å². The second-order valence-electron chi connectivity index (χ2n) is 3.68. The standard InChI is InChI=1S/C8H9F4N9/c9-4(10)8(11,12)1-15-5-17-6(20-13)19-7(18-5)21-3-14-2-16-21/h2-4H,1,13H2,(H2,15,17,18,19,20). The van der Waals surface area contributed by atoms with Gasteiger partial charge in [0, 0.05) is 0 Å². The molecule has 114 valence electrons. The monoisotopic (exact) mass is 307 g/mol. The Morgan fingerprint density at radius 2 is 1.95 bits per heavy atom. The molecule has 0 aliphatic heterocycles. The Balaban J connectivity index is 2.22. The lowest BCUT2D eigenvalue weighted by molar-refractivity contribution is -0.117. The molecule has 0 unspecified atom stereocenters. The molecule has 2 rings (SSSR count). The molecule has 0 fully saturated rings. The van der Waals surface area contributed by atoms with Gasteiger partial charge in [-0.25, -0.2) is 19.6 Å². The normalized spacial score (nSPS) is 11.7. The highest BCUT2D eigenvalue weighted by Gasteiger charge is 2.40. The van der Waals surface area contributed by atoms with E-state index < -0.39 is 18.9 Å². The summed E-state index contributed by atoms with van der Waals surface area (Å²) in [6, 6.07) is 0. The van der Waals surface area contributed by atoms with Gasteiger partial charge in [0.1, 0.15) is 12.7 Å². The number of aromatic nitrogens is 6. The molecule has 4 N–H and O–H groups in total. The van der Waals surface area contributed by atoms with Gasteiger partial charge in [-0.3, -0.25) is 5.43 Å². The maximum absolute atomic E-state index is 12.8. The van der Waals surface area contributed by atoms with Gasteiger partial charge in [-0.2, -0.15) is 33.5 Å². The van der Waals surface area contributed by atoms with E-state index in [0.29, 0.717) is 0 Å². The number of alkyl halides is 4. The molecule has 0 radical (unpaired) electrons. The van der Waals surface area contributed by atoms with Crippen molar-refractivity contribution in [3.8, 4) is 5.95 Å². The molecule has 21 heavy (non-hydrogen) atoms. The Morgan fingerprint density at radius 3 is 2.52 bits per heavy atom. The van der Waals surface area contributed by atoms with Crippen molar-refractivity contribution >= 4 is 11.9 Å². The molecule has 2 aromatic heterocycles. The van der Waals surface area contributed by atoms with Crippen LogP contribution < -0.4 is 16.6 Å². The van der Waals surface area contributed by atoms with E-state index in [-0.39, 0.29) is 17.8 Å². The quantitative estimate of drug-likeness (QED) is 0.389. The van der Waals surface area contributed by atoms with E-state index in [1.807, 2.05) is 5.32 Å². The fourth-order valence-electron chi connectivity index (χ4n) is 1.20. The number of hydrogen-bond donors (Lipinski definition) is 3. The van der Waals surface area contributed by atoms with Crippen LogP contribution in [-0.2, 0) is 0 Å². The molecule has 0 aliphatic rings. The zero-order valence-corrected chi connectivity index (χ0v) is 10.2. The van der Waals surface area contributed by atoms with E-state index in [1.54, 1.807) is 0 Å². The van der Waals surface area contributed by atoms with Gasteiger partial charge in [-0.05, 0) is 0 Å². The first-order chi connectivity index (χ1) is 9.92. The minimum absolute atomic E-state index is 0.0849. The number of rotatable bonds is 6. The van der Waals surface area contributed by atoms with Crippen LogP contribution in [0.1, 0.15) is 0 Å². The number of halogens is 4. The molecule has 0 atom stereocenters. The summed E-state index contributed by atoms with van der Waals surface area (Å²) in [5.41, 5.74) is 2.09. The number of hydrazine groups is 1. The molecular weight excluding hydrogens is 298 g/mol. The maximum Gasteiger partial charge on any atom is 0.324 e. The summed E-state index contributed by atoms with van der Waals surface area (Å²) in [7, 11) is 0. The molecular formula is C8H9F4N9.